The van der Waals surface area contributed by atoms with Crippen LogP contribution in [0.2, 0.25) is 0 Å². The van der Waals surface area contributed by atoms with E-state index in [1.807, 2.05) is 4.90 Å². The van der Waals surface area contributed by atoms with Gasteiger partial charge in [0, 0.05) is 12.6 Å². The average molecular weight is 233 g/mol. The molecule has 2 heterocycles. The lowest BCUT2D eigenvalue weighted by Gasteiger charge is -2.36. The first-order chi connectivity index (χ1) is 8.08. The summed E-state index contributed by atoms with van der Waals surface area (Å²) in [5.41, 5.74) is 6.64. The van der Waals surface area contributed by atoms with Crippen LogP contribution in [-0.2, 0) is 0 Å². The van der Waals surface area contributed by atoms with Gasteiger partial charge >= 0.3 is 0 Å². The molecule has 0 bridgehead atoms. The summed E-state index contributed by atoms with van der Waals surface area (Å²) in [5.74, 6) is 0.720. The molecular formula is C13H19N3O. The van der Waals surface area contributed by atoms with Gasteiger partial charge in [-0.1, -0.05) is 6.92 Å². The van der Waals surface area contributed by atoms with Crippen molar-refractivity contribution in [3.63, 3.8) is 0 Å². The molecule has 2 rings (SSSR count). The van der Waals surface area contributed by atoms with Crippen molar-refractivity contribution >= 4 is 11.6 Å². The third-order valence-corrected chi connectivity index (χ3v) is 3.40. The molecule has 92 valence electrons. The number of amides is 1. The molecule has 17 heavy (non-hydrogen) atoms. The van der Waals surface area contributed by atoms with Gasteiger partial charge in [-0.25, -0.2) is 4.98 Å². The first-order valence-electron chi connectivity index (χ1n) is 6.10. The van der Waals surface area contributed by atoms with Crippen molar-refractivity contribution in [1.82, 2.24) is 9.88 Å². The predicted molar refractivity (Wildman–Crippen MR) is 67.5 cm³/mol. The standard InChI is InChI=1S/C13H19N3O/c1-9-5-6-16(10(2)7-9)13(17)12-4-3-11(14)8-15-12/h3-4,8-10H,5-7,14H2,1-2H3. The molecule has 0 saturated carbocycles. The minimum atomic E-state index is 0.0180. The van der Waals surface area contributed by atoms with E-state index < -0.39 is 0 Å². The third-order valence-electron chi connectivity index (χ3n) is 3.40. The highest BCUT2D eigenvalue weighted by molar-refractivity contribution is 5.92. The average Bonchev–Trinajstić information content (AvgIpc) is 2.29. The molecule has 2 atom stereocenters. The summed E-state index contributed by atoms with van der Waals surface area (Å²) in [6.07, 6.45) is 3.68. The zero-order chi connectivity index (χ0) is 12.4. The Kier molecular flexibility index (Phi) is 3.31. The van der Waals surface area contributed by atoms with Crippen LogP contribution < -0.4 is 5.73 Å². The molecule has 4 nitrogen and oxygen atoms in total. The van der Waals surface area contributed by atoms with E-state index >= 15 is 0 Å². The molecule has 1 fully saturated rings. The monoisotopic (exact) mass is 233 g/mol. The molecule has 0 spiro atoms. The lowest BCUT2D eigenvalue weighted by molar-refractivity contribution is 0.0582. The van der Waals surface area contributed by atoms with Crippen molar-refractivity contribution in [3.05, 3.63) is 24.0 Å². The second kappa shape index (κ2) is 4.73. The number of hydrogen-bond donors (Lipinski definition) is 1. The summed E-state index contributed by atoms with van der Waals surface area (Å²) in [7, 11) is 0. The third kappa shape index (κ3) is 2.57. The number of likely N-dealkylation sites (tertiary alicyclic amines) is 1. The van der Waals surface area contributed by atoms with E-state index in [1.54, 1.807) is 12.1 Å². The highest BCUT2D eigenvalue weighted by atomic mass is 16.2. The highest BCUT2D eigenvalue weighted by Crippen LogP contribution is 2.23. The molecule has 0 aliphatic carbocycles. The van der Waals surface area contributed by atoms with Crippen LogP contribution in [0, 0.1) is 5.92 Å². The minimum Gasteiger partial charge on any atom is -0.397 e. The number of aromatic nitrogens is 1. The predicted octanol–water partition coefficient (Wildman–Crippen LogP) is 1.92. The van der Waals surface area contributed by atoms with Crippen LogP contribution >= 0.6 is 0 Å². The summed E-state index contributed by atoms with van der Waals surface area (Å²) >= 11 is 0. The van der Waals surface area contributed by atoms with Crippen LogP contribution in [0.25, 0.3) is 0 Å². The van der Waals surface area contributed by atoms with Gasteiger partial charge in [-0.15, -0.1) is 0 Å². The van der Waals surface area contributed by atoms with Gasteiger partial charge < -0.3 is 10.6 Å². The summed E-state index contributed by atoms with van der Waals surface area (Å²) < 4.78 is 0. The Hall–Kier alpha value is -1.58. The van der Waals surface area contributed by atoms with E-state index in [0.29, 0.717) is 23.3 Å². The molecule has 1 aromatic heterocycles. The first-order valence-corrected chi connectivity index (χ1v) is 6.10. The maximum Gasteiger partial charge on any atom is 0.272 e. The molecule has 1 saturated heterocycles. The Morgan fingerprint density at radius 3 is 2.82 bits per heavy atom. The van der Waals surface area contributed by atoms with Gasteiger partial charge in [0.2, 0.25) is 0 Å². The molecule has 1 aliphatic rings. The number of carbonyl (C=O) groups is 1. The highest BCUT2D eigenvalue weighted by Gasteiger charge is 2.27. The number of anilines is 1. The van der Waals surface area contributed by atoms with Gasteiger partial charge in [0.1, 0.15) is 5.69 Å². The van der Waals surface area contributed by atoms with E-state index in [-0.39, 0.29) is 5.91 Å². The molecule has 1 aromatic rings. The molecule has 4 heteroatoms. The SMILES string of the molecule is CC1CCN(C(=O)c2ccc(N)cn2)C(C)C1. The van der Waals surface area contributed by atoms with Gasteiger partial charge in [-0.05, 0) is 37.8 Å². The van der Waals surface area contributed by atoms with Gasteiger partial charge in [-0.2, -0.15) is 0 Å². The Morgan fingerprint density at radius 2 is 2.24 bits per heavy atom. The lowest BCUT2D eigenvalue weighted by Crippen LogP contribution is -2.44. The van der Waals surface area contributed by atoms with Crippen molar-refractivity contribution in [3.8, 4) is 0 Å². The number of pyridine rings is 1. The van der Waals surface area contributed by atoms with Crippen molar-refractivity contribution in [2.45, 2.75) is 32.7 Å². The van der Waals surface area contributed by atoms with Crippen molar-refractivity contribution in [2.24, 2.45) is 5.92 Å². The van der Waals surface area contributed by atoms with Crippen LogP contribution in [0.3, 0.4) is 0 Å². The van der Waals surface area contributed by atoms with Gasteiger partial charge in [-0.3, -0.25) is 4.79 Å². The molecule has 0 aromatic carbocycles. The van der Waals surface area contributed by atoms with Gasteiger partial charge in [0.15, 0.2) is 0 Å². The van der Waals surface area contributed by atoms with Crippen molar-refractivity contribution < 1.29 is 4.79 Å². The Morgan fingerprint density at radius 1 is 1.47 bits per heavy atom. The van der Waals surface area contributed by atoms with Gasteiger partial charge in [0.05, 0.1) is 11.9 Å². The number of nitrogens with two attached hydrogens (primary N) is 1. The number of nitrogens with zero attached hydrogens (tertiary/aromatic N) is 2. The zero-order valence-corrected chi connectivity index (χ0v) is 10.4. The Bertz CT molecular complexity index is 402. The molecule has 2 N–H and O–H groups in total. The number of piperidine rings is 1. The smallest absolute Gasteiger partial charge is 0.272 e. The fourth-order valence-electron chi connectivity index (χ4n) is 2.39. The summed E-state index contributed by atoms with van der Waals surface area (Å²) in [6.45, 7) is 5.16. The number of hydrogen-bond acceptors (Lipinski definition) is 3. The second-order valence-corrected chi connectivity index (χ2v) is 4.95. The Balaban J connectivity index is 2.12. The quantitative estimate of drug-likeness (QED) is 0.806. The van der Waals surface area contributed by atoms with E-state index in [4.69, 9.17) is 5.73 Å². The lowest BCUT2D eigenvalue weighted by atomic mass is 9.93. The summed E-state index contributed by atoms with van der Waals surface area (Å²) in [6, 6.07) is 3.71. The number of carbonyl (C=O) groups excluding carboxylic acids is 1. The molecule has 2 unspecified atom stereocenters. The van der Waals surface area contributed by atoms with Crippen LogP contribution in [0.5, 0.6) is 0 Å². The van der Waals surface area contributed by atoms with E-state index in [9.17, 15) is 4.79 Å². The molecular weight excluding hydrogens is 214 g/mol. The van der Waals surface area contributed by atoms with Crippen LogP contribution in [0.1, 0.15) is 37.2 Å². The summed E-state index contributed by atoms with van der Waals surface area (Å²) in [4.78, 5) is 18.3. The van der Waals surface area contributed by atoms with Gasteiger partial charge in [0.25, 0.3) is 5.91 Å². The maximum atomic E-state index is 12.3. The second-order valence-electron chi connectivity index (χ2n) is 4.95. The van der Waals surface area contributed by atoms with Crippen LogP contribution in [0.15, 0.2) is 18.3 Å². The summed E-state index contributed by atoms with van der Waals surface area (Å²) in [5, 5.41) is 0. The van der Waals surface area contributed by atoms with E-state index in [0.717, 1.165) is 19.4 Å². The van der Waals surface area contributed by atoms with Crippen LogP contribution in [0.4, 0.5) is 5.69 Å². The zero-order valence-electron chi connectivity index (χ0n) is 10.4. The minimum absolute atomic E-state index is 0.0180. The fourth-order valence-corrected chi connectivity index (χ4v) is 2.39. The largest absolute Gasteiger partial charge is 0.397 e. The molecule has 1 aliphatic heterocycles. The van der Waals surface area contributed by atoms with Crippen LogP contribution in [-0.4, -0.2) is 28.4 Å². The van der Waals surface area contributed by atoms with Crippen molar-refractivity contribution in [1.29, 1.82) is 0 Å². The fraction of sp³-hybridized carbons (Fsp3) is 0.538. The molecule has 1 amide bonds. The first kappa shape index (κ1) is 11.9. The number of rotatable bonds is 1. The van der Waals surface area contributed by atoms with E-state index in [2.05, 4.69) is 18.8 Å². The van der Waals surface area contributed by atoms with Crippen molar-refractivity contribution in [2.75, 3.05) is 12.3 Å². The topological polar surface area (TPSA) is 59.2 Å². The maximum absolute atomic E-state index is 12.3. The normalized spacial score (nSPS) is 24.7. The number of nitrogen functional groups attached to an aromatic ring is 1. The van der Waals surface area contributed by atoms with E-state index in [1.165, 1.54) is 6.20 Å². The Labute approximate surface area is 102 Å². The molecule has 0 radical (unpaired) electrons.